The van der Waals surface area contributed by atoms with Crippen LogP contribution in [0.4, 0.5) is 0 Å². The molecule has 0 bridgehead atoms. The van der Waals surface area contributed by atoms with Gasteiger partial charge in [0.2, 0.25) is 5.91 Å². The van der Waals surface area contributed by atoms with Crippen molar-refractivity contribution in [3.8, 4) is 0 Å². The molecule has 0 saturated heterocycles. The summed E-state index contributed by atoms with van der Waals surface area (Å²) in [5, 5.41) is 9.52. The molecule has 2 aliphatic rings. The zero-order valence-corrected chi connectivity index (χ0v) is 9.15. The van der Waals surface area contributed by atoms with Gasteiger partial charge in [-0.3, -0.25) is 9.89 Å². The summed E-state index contributed by atoms with van der Waals surface area (Å²) in [6.07, 6.45) is 5.80. The first kappa shape index (κ1) is 9.81. The molecule has 2 N–H and O–H groups in total. The normalized spacial score (nSPS) is 31.1. The highest BCUT2D eigenvalue weighted by molar-refractivity contribution is 5.79. The van der Waals surface area contributed by atoms with E-state index < -0.39 is 0 Å². The maximum Gasteiger partial charge on any atom is 0.223 e. The average molecular weight is 220 g/mol. The number of hydrogen-bond donors (Lipinski definition) is 2. The van der Waals surface area contributed by atoms with Crippen molar-refractivity contribution in [3.63, 3.8) is 0 Å². The number of nitrogens with one attached hydrogen (secondary N) is 2. The Kier molecular flexibility index (Phi) is 2.38. The molecule has 1 amide bonds. The number of hydrogen-bond acceptors (Lipinski definition) is 3. The van der Waals surface area contributed by atoms with Gasteiger partial charge in [0.25, 0.3) is 0 Å². The van der Waals surface area contributed by atoms with Gasteiger partial charge < -0.3 is 5.32 Å². The third kappa shape index (κ3) is 1.94. The molecule has 3 rings (SSSR count). The summed E-state index contributed by atoms with van der Waals surface area (Å²) < 4.78 is 0. The largest absolute Gasteiger partial charge is 0.355 e. The van der Waals surface area contributed by atoms with Crippen LogP contribution in [0.15, 0.2) is 6.33 Å². The quantitative estimate of drug-likeness (QED) is 0.776. The van der Waals surface area contributed by atoms with Crippen molar-refractivity contribution >= 4 is 5.91 Å². The number of aromatic amines is 1. The lowest BCUT2D eigenvalue weighted by Gasteiger charge is -2.11. The highest BCUT2D eigenvalue weighted by atomic mass is 16.1. The number of carbonyl (C=O) groups is 1. The van der Waals surface area contributed by atoms with Crippen LogP contribution in [-0.2, 0) is 11.2 Å². The van der Waals surface area contributed by atoms with Gasteiger partial charge in [0.15, 0.2) is 0 Å². The van der Waals surface area contributed by atoms with Crippen LogP contribution >= 0.6 is 0 Å². The van der Waals surface area contributed by atoms with E-state index in [4.69, 9.17) is 0 Å². The van der Waals surface area contributed by atoms with E-state index in [1.807, 2.05) is 0 Å². The van der Waals surface area contributed by atoms with Crippen molar-refractivity contribution in [2.75, 3.05) is 6.54 Å². The molecule has 1 heterocycles. The molecule has 1 aromatic heterocycles. The van der Waals surface area contributed by atoms with Crippen LogP contribution in [0.5, 0.6) is 0 Å². The van der Waals surface area contributed by atoms with Crippen LogP contribution in [0.2, 0.25) is 0 Å². The number of carbonyl (C=O) groups excluding carboxylic acids is 1. The standard InChI is InChI=1S/C11H16N4O/c16-11(9-4-7-3-8(7)5-9)12-2-1-10-13-6-14-15-10/h6-9H,1-5H2,(H,12,16)(H,13,14,15). The Balaban J connectivity index is 1.40. The molecule has 2 atom stereocenters. The fourth-order valence-electron chi connectivity index (χ4n) is 2.73. The first-order valence-corrected chi connectivity index (χ1v) is 5.95. The summed E-state index contributed by atoms with van der Waals surface area (Å²) in [6, 6.07) is 0. The fraction of sp³-hybridized carbons (Fsp3) is 0.727. The molecule has 0 radical (unpaired) electrons. The maximum atomic E-state index is 11.8. The lowest BCUT2D eigenvalue weighted by atomic mass is 10.0. The zero-order chi connectivity index (χ0) is 11.0. The molecule has 0 aromatic carbocycles. The van der Waals surface area contributed by atoms with Gasteiger partial charge >= 0.3 is 0 Å². The van der Waals surface area contributed by atoms with Crippen molar-refractivity contribution in [3.05, 3.63) is 12.2 Å². The minimum absolute atomic E-state index is 0.228. The number of fused-ring (bicyclic) bond motifs is 1. The van der Waals surface area contributed by atoms with Crippen molar-refractivity contribution in [1.82, 2.24) is 20.5 Å². The van der Waals surface area contributed by atoms with Gasteiger partial charge in [0.05, 0.1) is 0 Å². The molecule has 0 aliphatic heterocycles. The van der Waals surface area contributed by atoms with Crippen LogP contribution in [0.1, 0.15) is 25.1 Å². The fourth-order valence-corrected chi connectivity index (χ4v) is 2.73. The summed E-state index contributed by atoms with van der Waals surface area (Å²) in [6.45, 7) is 0.653. The molecule has 5 nitrogen and oxygen atoms in total. The third-order valence-electron chi connectivity index (χ3n) is 3.74. The Morgan fingerprint density at radius 3 is 2.94 bits per heavy atom. The summed E-state index contributed by atoms with van der Waals surface area (Å²) in [7, 11) is 0. The molecule has 86 valence electrons. The topological polar surface area (TPSA) is 70.7 Å². The molecule has 2 saturated carbocycles. The Hall–Kier alpha value is -1.39. The zero-order valence-electron chi connectivity index (χ0n) is 9.15. The lowest BCUT2D eigenvalue weighted by molar-refractivity contribution is -0.125. The van der Waals surface area contributed by atoms with E-state index in [1.165, 1.54) is 12.7 Å². The van der Waals surface area contributed by atoms with Gasteiger partial charge in [-0.25, -0.2) is 4.98 Å². The molecule has 2 unspecified atom stereocenters. The molecule has 1 aromatic rings. The van der Waals surface area contributed by atoms with E-state index in [9.17, 15) is 4.79 Å². The van der Waals surface area contributed by atoms with Crippen LogP contribution < -0.4 is 5.32 Å². The first-order valence-electron chi connectivity index (χ1n) is 5.95. The van der Waals surface area contributed by atoms with E-state index in [1.54, 1.807) is 0 Å². The number of H-pyrrole nitrogens is 1. The van der Waals surface area contributed by atoms with Gasteiger partial charge in [-0.15, -0.1) is 0 Å². The van der Waals surface area contributed by atoms with Crippen molar-refractivity contribution in [1.29, 1.82) is 0 Å². The number of nitrogens with zero attached hydrogens (tertiary/aromatic N) is 2. The Morgan fingerprint density at radius 2 is 2.25 bits per heavy atom. The van der Waals surface area contributed by atoms with E-state index in [2.05, 4.69) is 20.5 Å². The first-order chi connectivity index (χ1) is 7.83. The molecule has 5 heteroatoms. The number of amides is 1. The molecular weight excluding hydrogens is 204 g/mol. The highest BCUT2D eigenvalue weighted by Gasteiger charge is 2.47. The Morgan fingerprint density at radius 1 is 1.44 bits per heavy atom. The minimum Gasteiger partial charge on any atom is -0.355 e. The van der Waals surface area contributed by atoms with E-state index in [0.717, 1.165) is 36.9 Å². The van der Waals surface area contributed by atoms with Crippen molar-refractivity contribution < 1.29 is 4.79 Å². The van der Waals surface area contributed by atoms with Gasteiger partial charge in [-0.2, -0.15) is 5.10 Å². The van der Waals surface area contributed by atoms with Crippen LogP contribution in [0, 0.1) is 17.8 Å². The molecule has 2 aliphatic carbocycles. The lowest BCUT2D eigenvalue weighted by Crippen LogP contribution is -2.31. The van der Waals surface area contributed by atoms with E-state index >= 15 is 0 Å². The predicted octanol–water partition coefficient (Wildman–Crippen LogP) is 0.509. The highest BCUT2D eigenvalue weighted by Crippen LogP contribution is 2.54. The Bertz CT molecular complexity index is 365. The second kappa shape index (κ2) is 3.88. The molecule has 16 heavy (non-hydrogen) atoms. The number of aromatic nitrogens is 3. The number of rotatable bonds is 4. The van der Waals surface area contributed by atoms with Crippen molar-refractivity contribution in [2.24, 2.45) is 17.8 Å². The summed E-state index contributed by atoms with van der Waals surface area (Å²) in [4.78, 5) is 15.8. The molecule has 2 fully saturated rings. The van der Waals surface area contributed by atoms with E-state index in [0.29, 0.717) is 6.54 Å². The van der Waals surface area contributed by atoms with Crippen LogP contribution in [0.25, 0.3) is 0 Å². The monoisotopic (exact) mass is 220 g/mol. The van der Waals surface area contributed by atoms with Gasteiger partial charge in [-0.1, -0.05) is 0 Å². The van der Waals surface area contributed by atoms with E-state index in [-0.39, 0.29) is 11.8 Å². The second-order valence-corrected chi connectivity index (χ2v) is 4.90. The van der Waals surface area contributed by atoms with Crippen molar-refractivity contribution in [2.45, 2.75) is 25.7 Å². The third-order valence-corrected chi connectivity index (χ3v) is 3.74. The predicted molar refractivity (Wildman–Crippen MR) is 57.4 cm³/mol. The SMILES string of the molecule is O=C(NCCc1ncn[nH]1)C1CC2CC2C1. The van der Waals surface area contributed by atoms with Gasteiger partial charge in [0, 0.05) is 18.9 Å². The van der Waals surface area contributed by atoms with Crippen LogP contribution in [-0.4, -0.2) is 27.6 Å². The molecular formula is C11H16N4O. The van der Waals surface area contributed by atoms with Crippen LogP contribution in [0.3, 0.4) is 0 Å². The summed E-state index contributed by atoms with van der Waals surface area (Å²) in [5.74, 6) is 3.06. The van der Waals surface area contributed by atoms with Gasteiger partial charge in [0.1, 0.15) is 12.2 Å². The second-order valence-electron chi connectivity index (χ2n) is 4.90. The summed E-state index contributed by atoms with van der Waals surface area (Å²) in [5.41, 5.74) is 0. The maximum absolute atomic E-state index is 11.8. The minimum atomic E-state index is 0.228. The van der Waals surface area contributed by atoms with Gasteiger partial charge in [-0.05, 0) is 31.1 Å². The summed E-state index contributed by atoms with van der Waals surface area (Å²) >= 11 is 0. The average Bonchev–Trinajstić information content (AvgIpc) is 2.72. The smallest absolute Gasteiger partial charge is 0.223 e. The Labute approximate surface area is 94.0 Å². The molecule has 0 spiro atoms.